The first-order valence-corrected chi connectivity index (χ1v) is 9.51. The van der Waals surface area contributed by atoms with Crippen molar-refractivity contribution in [1.29, 1.82) is 0 Å². The van der Waals surface area contributed by atoms with Crippen LogP contribution in [0.4, 0.5) is 0 Å². The van der Waals surface area contributed by atoms with Gasteiger partial charge in [0.25, 0.3) is 0 Å². The monoisotopic (exact) mass is 384 g/mol. The highest BCUT2D eigenvalue weighted by molar-refractivity contribution is 7.13. The minimum Gasteiger partial charge on any atom is -0.490 e. The van der Waals surface area contributed by atoms with Gasteiger partial charge in [0.05, 0.1) is 18.9 Å². The van der Waals surface area contributed by atoms with Gasteiger partial charge in [-0.3, -0.25) is 4.79 Å². The third-order valence-electron chi connectivity index (χ3n) is 3.74. The lowest BCUT2D eigenvalue weighted by Gasteiger charge is -2.11. The Morgan fingerprint density at radius 3 is 2.56 bits per heavy atom. The molecule has 0 atom stereocenters. The van der Waals surface area contributed by atoms with Gasteiger partial charge in [-0.05, 0) is 44.2 Å². The van der Waals surface area contributed by atoms with Crippen molar-refractivity contribution in [2.24, 2.45) is 0 Å². The largest absolute Gasteiger partial charge is 0.490 e. The smallest absolute Gasteiger partial charge is 0.206 e. The zero-order valence-electron chi connectivity index (χ0n) is 15.1. The van der Waals surface area contributed by atoms with Gasteiger partial charge in [0.15, 0.2) is 11.5 Å². The normalized spacial score (nSPS) is 10.6. The summed E-state index contributed by atoms with van der Waals surface area (Å²) in [4.78, 5) is 20.6. The molecule has 1 N–H and O–H groups in total. The Morgan fingerprint density at radius 2 is 1.81 bits per heavy atom. The number of thiazole rings is 1. The summed E-state index contributed by atoms with van der Waals surface area (Å²) in [5.74, 6) is 0.971. The molecule has 0 saturated carbocycles. The van der Waals surface area contributed by atoms with Crippen LogP contribution in [0.25, 0.3) is 22.0 Å². The summed E-state index contributed by atoms with van der Waals surface area (Å²) < 4.78 is 11.3. The van der Waals surface area contributed by atoms with Crippen LogP contribution in [-0.4, -0.2) is 40.7 Å². The van der Waals surface area contributed by atoms with Gasteiger partial charge in [0.2, 0.25) is 5.78 Å². The number of rotatable bonds is 8. The summed E-state index contributed by atoms with van der Waals surface area (Å²) in [6.45, 7) is 4.40. The van der Waals surface area contributed by atoms with E-state index >= 15 is 0 Å². The van der Waals surface area contributed by atoms with E-state index < -0.39 is 12.4 Å². The molecule has 140 valence electrons. The fourth-order valence-electron chi connectivity index (χ4n) is 2.52. The lowest BCUT2D eigenvalue weighted by atomic mass is 10.2. The topological polar surface area (TPSA) is 81.5 Å². The molecule has 27 heavy (non-hydrogen) atoms. The number of ether oxygens (including phenoxy) is 2. The first-order chi connectivity index (χ1) is 13.2. The number of aromatic nitrogens is 2. The highest BCUT2D eigenvalue weighted by atomic mass is 32.1. The number of benzene rings is 1. The van der Waals surface area contributed by atoms with E-state index in [2.05, 4.69) is 9.97 Å². The fourth-order valence-corrected chi connectivity index (χ4v) is 3.33. The third-order valence-corrected chi connectivity index (χ3v) is 4.63. The summed E-state index contributed by atoms with van der Waals surface area (Å²) in [6, 6.07) is 10.8. The molecule has 0 aliphatic heterocycles. The molecule has 0 saturated heterocycles. The van der Waals surface area contributed by atoms with Crippen molar-refractivity contribution in [2.75, 3.05) is 19.8 Å². The van der Waals surface area contributed by atoms with Crippen LogP contribution in [0.3, 0.4) is 0 Å². The predicted molar refractivity (Wildman–Crippen MR) is 105 cm³/mol. The first kappa shape index (κ1) is 19.0. The zero-order chi connectivity index (χ0) is 19.2. The lowest BCUT2D eigenvalue weighted by Crippen LogP contribution is -2.07. The summed E-state index contributed by atoms with van der Waals surface area (Å²) >= 11 is 1.48. The second-order valence-corrected chi connectivity index (χ2v) is 6.41. The van der Waals surface area contributed by atoms with Crippen LogP contribution >= 0.6 is 11.3 Å². The molecule has 0 amide bonds. The van der Waals surface area contributed by atoms with Crippen molar-refractivity contribution in [2.45, 2.75) is 13.8 Å². The highest BCUT2D eigenvalue weighted by Gasteiger charge is 2.13. The van der Waals surface area contributed by atoms with Gasteiger partial charge >= 0.3 is 0 Å². The Hall–Kier alpha value is -2.77. The van der Waals surface area contributed by atoms with Crippen molar-refractivity contribution in [3.8, 4) is 33.5 Å². The zero-order valence-corrected chi connectivity index (χ0v) is 16.0. The van der Waals surface area contributed by atoms with Gasteiger partial charge in [-0.1, -0.05) is 6.07 Å². The fraction of sp³-hybridized carbons (Fsp3) is 0.250. The molecule has 3 aromatic rings. The van der Waals surface area contributed by atoms with E-state index in [4.69, 9.17) is 14.6 Å². The van der Waals surface area contributed by atoms with Gasteiger partial charge < -0.3 is 14.6 Å². The molecule has 0 aliphatic carbocycles. The van der Waals surface area contributed by atoms with E-state index in [0.29, 0.717) is 36.1 Å². The quantitative estimate of drug-likeness (QED) is 0.594. The minimum atomic E-state index is -0.564. The molecule has 0 bridgehead atoms. The summed E-state index contributed by atoms with van der Waals surface area (Å²) in [6.07, 6.45) is 0. The highest BCUT2D eigenvalue weighted by Crippen LogP contribution is 2.35. The Bertz CT molecular complexity index is 939. The molecule has 0 radical (unpaired) electrons. The Balaban J connectivity index is 1.92. The molecule has 6 nitrogen and oxygen atoms in total. The van der Waals surface area contributed by atoms with Crippen LogP contribution in [0, 0.1) is 0 Å². The molecule has 2 aromatic heterocycles. The summed E-state index contributed by atoms with van der Waals surface area (Å²) in [5, 5.41) is 11.7. The molecule has 0 aliphatic rings. The summed E-state index contributed by atoms with van der Waals surface area (Å²) in [5.41, 5.74) is 2.41. The number of hydrogen-bond donors (Lipinski definition) is 1. The van der Waals surface area contributed by atoms with Crippen molar-refractivity contribution < 1.29 is 19.4 Å². The number of carbonyl (C=O) groups is 1. The van der Waals surface area contributed by atoms with Crippen LogP contribution in [0.5, 0.6) is 11.5 Å². The molecular formula is C20H20N2O4S. The van der Waals surface area contributed by atoms with Crippen LogP contribution in [0.2, 0.25) is 0 Å². The van der Waals surface area contributed by atoms with E-state index in [0.717, 1.165) is 10.6 Å². The number of carbonyl (C=O) groups excluding carboxylic acids is 1. The number of hydrogen-bond acceptors (Lipinski definition) is 7. The molecule has 0 spiro atoms. The summed E-state index contributed by atoms with van der Waals surface area (Å²) in [7, 11) is 0. The van der Waals surface area contributed by atoms with Crippen molar-refractivity contribution in [3.63, 3.8) is 0 Å². The number of Topliss-reactive ketones (excluding diaryl/α,β-unsaturated/α-hetero) is 1. The molecule has 7 heteroatoms. The van der Waals surface area contributed by atoms with Crippen LogP contribution in [-0.2, 0) is 0 Å². The van der Waals surface area contributed by atoms with Gasteiger partial charge in [-0.25, -0.2) is 9.97 Å². The van der Waals surface area contributed by atoms with E-state index in [1.807, 2.05) is 37.4 Å². The van der Waals surface area contributed by atoms with Crippen LogP contribution < -0.4 is 9.47 Å². The van der Waals surface area contributed by atoms with Gasteiger partial charge in [-0.15, -0.1) is 11.3 Å². The molecule has 2 heterocycles. The van der Waals surface area contributed by atoms with E-state index in [1.165, 1.54) is 11.3 Å². The van der Waals surface area contributed by atoms with E-state index in [1.54, 1.807) is 18.2 Å². The average Bonchev–Trinajstić information content (AvgIpc) is 3.19. The Kier molecular flexibility index (Phi) is 6.16. The van der Waals surface area contributed by atoms with Crippen molar-refractivity contribution in [3.05, 3.63) is 47.5 Å². The molecular weight excluding hydrogens is 364 g/mol. The first-order valence-electron chi connectivity index (χ1n) is 8.63. The molecule has 1 aromatic carbocycles. The second kappa shape index (κ2) is 8.75. The predicted octanol–water partition coefficient (Wildman–Crippen LogP) is 3.84. The van der Waals surface area contributed by atoms with Crippen LogP contribution in [0.15, 0.2) is 41.8 Å². The van der Waals surface area contributed by atoms with E-state index in [-0.39, 0.29) is 5.69 Å². The number of aliphatic hydroxyl groups excluding tert-OH is 1. The van der Waals surface area contributed by atoms with Gasteiger partial charge in [0, 0.05) is 10.9 Å². The second-order valence-electron chi connectivity index (χ2n) is 5.55. The van der Waals surface area contributed by atoms with Gasteiger partial charge in [-0.2, -0.15) is 0 Å². The van der Waals surface area contributed by atoms with E-state index in [9.17, 15) is 4.79 Å². The van der Waals surface area contributed by atoms with Crippen molar-refractivity contribution in [1.82, 2.24) is 9.97 Å². The third kappa shape index (κ3) is 4.32. The Labute approximate surface area is 161 Å². The maximum absolute atomic E-state index is 11.7. The van der Waals surface area contributed by atoms with Gasteiger partial charge in [0.1, 0.15) is 23.0 Å². The standard InChI is InChI=1S/C20H20N2O4S/c1-3-25-18-9-8-13(10-19(18)26-4-2)20-22-16(12-27-20)14-6-5-7-15(21-14)17(24)11-23/h5-10,12,23H,3-4,11H2,1-2H3. The number of aliphatic hydroxyl groups is 1. The minimum absolute atomic E-state index is 0.226. The maximum atomic E-state index is 11.7. The number of pyridine rings is 1. The SMILES string of the molecule is CCOc1ccc(-c2nc(-c3cccc(C(=O)CO)n3)cs2)cc1OCC. The average molecular weight is 384 g/mol. The molecule has 3 rings (SSSR count). The molecule has 0 unspecified atom stereocenters. The number of nitrogens with zero attached hydrogens (tertiary/aromatic N) is 2. The van der Waals surface area contributed by atoms with Crippen LogP contribution in [0.1, 0.15) is 24.3 Å². The lowest BCUT2D eigenvalue weighted by molar-refractivity contribution is 0.0899. The maximum Gasteiger partial charge on any atom is 0.206 e. The Morgan fingerprint density at radius 1 is 1.04 bits per heavy atom. The number of ketones is 1. The molecule has 0 fully saturated rings. The van der Waals surface area contributed by atoms with Crippen molar-refractivity contribution >= 4 is 17.1 Å².